The molecule has 0 saturated heterocycles. The lowest BCUT2D eigenvalue weighted by molar-refractivity contribution is -0.139. The lowest BCUT2D eigenvalue weighted by Crippen LogP contribution is -2.18. The van der Waals surface area contributed by atoms with E-state index < -0.39 is 5.97 Å². The molecule has 0 aromatic heterocycles. The number of rotatable bonds is 2. The molecule has 0 saturated carbocycles. The van der Waals surface area contributed by atoms with Crippen molar-refractivity contribution in [3.05, 3.63) is 11.3 Å². The van der Waals surface area contributed by atoms with Crippen LogP contribution in [-0.4, -0.2) is 30.9 Å². The first kappa shape index (κ1) is 9.06. The average molecular weight is 172 g/mol. The first-order valence-electron chi connectivity index (χ1n) is 3.91. The van der Waals surface area contributed by atoms with Gasteiger partial charge in [0, 0.05) is 6.42 Å². The minimum absolute atomic E-state index is 0.000278. The Balaban J connectivity index is 2.64. The summed E-state index contributed by atoms with van der Waals surface area (Å²) >= 11 is 0. The van der Waals surface area contributed by atoms with E-state index in [1.165, 1.54) is 0 Å². The summed E-state index contributed by atoms with van der Waals surface area (Å²) in [5, 5.41) is 9.22. The van der Waals surface area contributed by atoms with E-state index in [4.69, 9.17) is 9.47 Å². The maximum atomic E-state index is 11.1. The van der Waals surface area contributed by atoms with Gasteiger partial charge in [-0.15, -0.1) is 0 Å². The molecule has 68 valence electrons. The Morgan fingerprint density at radius 1 is 1.75 bits per heavy atom. The third kappa shape index (κ3) is 1.98. The highest BCUT2D eigenvalue weighted by Gasteiger charge is 2.19. The quantitative estimate of drug-likeness (QED) is 0.625. The van der Waals surface area contributed by atoms with Gasteiger partial charge in [0.25, 0.3) is 0 Å². The van der Waals surface area contributed by atoms with E-state index in [0.29, 0.717) is 25.2 Å². The summed E-state index contributed by atoms with van der Waals surface area (Å²) in [4.78, 5) is 11.1. The van der Waals surface area contributed by atoms with Crippen molar-refractivity contribution in [2.45, 2.75) is 13.3 Å². The minimum Gasteiger partial charge on any atom is -0.509 e. The first-order chi connectivity index (χ1) is 5.75. The molecule has 1 aliphatic heterocycles. The van der Waals surface area contributed by atoms with Crippen molar-refractivity contribution in [3.63, 3.8) is 0 Å². The zero-order chi connectivity index (χ0) is 8.97. The van der Waals surface area contributed by atoms with Crippen LogP contribution in [0, 0.1) is 0 Å². The summed E-state index contributed by atoms with van der Waals surface area (Å²) in [7, 11) is 0. The number of carbonyl (C=O) groups excluding carboxylic acids is 1. The molecule has 0 spiro atoms. The zero-order valence-electron chi connectivity index (χ0n) is 7.00. The maximum Gasteiger partial charge on any atom is 0.337 e. The van der Waals surface area contributed by atoms with Gasteiger partial charge in [-0.2, -0.15) is 0 Å². The fraction of sp³-hybridized carbons (Fsp3) is 0.625. The predicted molar refractivity (Wildman–Crippen MR) is 41.7 cm³/mol. The molecular formula is C8H12O4. The van der Waals surface area contributed by atoms with Crippen molar-refractivity contribution >= 4 is 5.97 Å². The second-order valence-corrected chi connectivity index (χ2v) is 2.45. The fourth-order valence-corrected chi connectivity index (χ4v) is 1.01. The highest BCUT2D eigenvalue weighted by molar-refractivity contribution is 5.89. The standard InChI is InChI=1S/C8H12O4/c1-2-12-8(10)6-3-4-11-5-7(6)9/h9H,2-5H2,1H3. The Morgan fingerprint density at radius 2 is 2.50 bits per heavy atom. The van der Waals surface area contributed by atoms with Crippen LogP contribution in [0.2, 0.25) is 0 Å². The summed E-state index contributed by atoms with van der Waals surface area (Å²) in [5.74, 6) is -0.432. The van der Waals surface area contributed by atoms with Crippen molar-refractivity contribution in [3.8, 4) is 0 Å². The predicted octanol–water partition coefficient (Wildman–Crippen LogP) is 0.782. The molecule has 12 heavy (non-hydrogen) atoms. The third-order valence-electron chi connectivity index (χ3n) is 1.61. The number of aliphatic hydroxyl groups excluding tert-OH is 1. The molecule has 0 aromatic carbocycles. The van der Waals surface area contributed by atoms with E-state index in [0.717, 1.165) is 0 Å². The van der Waals surface area contributed by atoms with E-state index in [1.807, 2.05) is 0 Å². The molecule has 0 fully saturated rings. The summed E-state index contributed by atoms with van der Waals surface area (Å²) < 4.78 is 9.66. The van der Waals surface area contributed by atoms with Gasteiger partial charge in [0.2, 0.25) is 0 Å². The van der Waals surface area contributed by atoms with Gasteiger partial charge in [-0.1, -0.05) is 0 Å². The van der Waals surface area contributed by atoms with Gasteiger partial charge in [0.15, 0.2) is 0 Å². The molecule has 4 nitrogen and oxygen atoms in total. The number of ether oxygens (including phenoxy) is 2. The van der Waals surface area contributed by atoms with Crippen LogP contribution >= 0.6 is 0 Å². The summed E-state index contributed by atoms with van der Waals surface area (Å²) in [5.41, 5.74) is 0.350. The number of carbonyl (C=O) groups is 1. The topological polar surface area (TPSA) is 55.8 Å². The number of hydrogen-bond donors (Lipinski definition) is 1. The molecule has 4 heteroatoms. The lowest BCUT2D eigenvalue weighted by Gasteiger charge is -2.14. The third-order valence-corrected chi connectivity index (χ3v) is 1.61. The van der Waals surface area contributed by atoms with Gasteiger partial charge in [-0.05, 0) is 6.92 Å². The van der Waals surface area contributed by atoms with Crippen molar-refractivity contribution in [2.75, 3.05) is 19.8 Å². The molecule has 0 radical (unpaired) electrons. The molecule has 0 atom stereocenters. The smallest absolute Gasteiger partial charge is 0.337 e. The van der Waals surface area contributed by atoms with Crippen LogP contribution in [0.25, 0.3) is 0 Å². The number of esters is 1. The monoisotopic (exact) mass is 172 g/mol. The Kier molecular flexibility index (Phi) is 3.10. The van der Waals surface area contributed by atoms with Gasteiger partial charge in [0.1, 0.15) is 12.4 Å². The SMILES string of the molecule is CCOC(=O)C1=C(O)COCC1. The molecule has 0 bridgehead atoms. The first-order valence-corrected chi connectivity index (χ1v) is 3.91. The van der Waals surface area contributed by atoms with Gasteiger partial charge < -0.3 is 14.6 Å². The van der Waals surface area contributed by atoms with Crippen LogP contribution in [-0.2, 0) is 14.3 Å². The van der Waals surface area contributed by atoms with Crippen LogP contribution in [0.3, 0.4) is 0 Å². The second-order valence-electron chi connectivity index (χ2n) is 2.45. The largest absolute Gasteiger partial charge is 0.509 e. The lowest BCUT2D eigenvalue weighted by atomic mass is 10.1. The van der Waals surface area contributed by atoms with E-state index >= 15 is 0 Å². The molecule has 0 unspecified atom stereocenters. The van der Waals surface area contributed by atoms with Crippen LogP contribution in [0.4, 0.5) is 0 Å². The van der Waals surface area contributed by atoms with Crippen molar-refractivity contribution in [2.24, 2.45) is 0 Å². The second kappa shape index (κ2) is 4.11. The van der Waals surface area contributed by atoms with E-state index in [-0.39, 0.29) is 12.4 Å². The van der Waals surface area contributed by atoms with Gasteiger partial charge in [0.05, 0.1) is 18.8 Å². The Labute approximate surface area is 70.8 Å². The van der Waals surface area contributed by atoms with Crippen molar-refractivity contribution in [1.82, 2.24) is 0 Å². The van der Waals surface area contributed by atoms with Gasteiger partial charge in [-0.25, -0.2) is 4.79 Å². The number of aliphatic hydroxyl groups is 1. The molecule has 1 rings (SSSR count). The van der Waals surface area contributed by atoms with E-state index in [2.05, 4.69) is 0 Å². The van der Waals surface area contributed by atoms with Gasteiger partial charge in [-0.3, -0.25) is 0 Å². The van der Waals surface area contributed by atoms with Crippen LogP contribution in [0.1, 0.15) is 13.3 Å². The van der Waals surface area contributed by atoms with Crippen LogP contribution in [0.5, 0.6) is 0 Å². The Bertz CT molecular complexity index is 207. The molecule has 1 N–H and O–H groups in total. The van der Waals surface area contributed by atoms with Crippen molar-refractivity contribution in [1.29, 1.82) is 0 Å². The molecule has 0 aromatic rings. The highest BCUT2D eigenvalue weighted by Crippen LogP contribution is 2.14. The summed E-state index contributed by atoms with van der Waals surface area (Å²) in [6.45, 7) is 2.65. The highest BCUT2D eigenvalue weighted by atomic mass is 16.5. The van der Waals surface area contributed by atoms with E-state index in [1.54, 1.807) is 6.92 Å². The van der Waals surface area contributed by atoms with Crippen LogP contribution in [0.15, 0.2) is 11.3 Å². The minimum atomic E-state index is -0.432. The zero-order valence-corrected chi connectivity index (χ0v) is 7.00. The molecular weight excluding hydrogens is 160 g/mol. The maximum absolute atomic E-state index is 11.1. The normalized spacial score (nSPS) is 17.8. The summed E-state index contributed by atoms with van der Waals surface area (Å²) in [6.07, 6.45) is 0.435. The Morgan fingerprint density at radius 3 is 3.08 bits per heavy atom. The molecule has 1 heterocycles. The Hall–Kier alpha value is -1.03. The molecule has 0 aliphatic carbocycles. The average Bonchev–Trinajstić information content (AvgIpc) is 2.05. The fourth-order valence-electron chi connectivity index (χ4n) is 1.01. The summed E-state index contributed by atoms with van der Waals surface area (Å²) in [6, 6.07) is 0. The van der Waals surface area contributed by atoms with Gasteiger partial charge >= 0.3 is 5.97 Å². The molecule has 1 aliphatic rings. The van der Waals surface area contributed by atoms with Crippen molar-refractivity contribution < 1.29 is 19.4 Å². The number of hydrogen-bond acceptors (Lipinski definition) is 4. The molecule has 0 amide bonds. The van der Waals surface area contributed by atoms with Crippen LogP contribution < -0.4 is 0 Å². The van der Waals surface area contributed by atoms with E-state index in [9.17, 15) is 9.90 Å².